The molecule has 0 fully saturated rings. The molecule has 4 N–H and O–H groups in total. The first kappa shape index (κ1) is 15.5. The minimum Gasteiger partial charge on any atom is -0.486 e. The Morgan fingerprint density at radius 2 is 1.09 bits per heavy atom. The molecule has 0 atom stereocenters. The van der Waals surface area contributed by atoms with Crippen molar-refractivity contribution >= 4 is 11.4 Å². The van der Waals surface area contributed by atoms with Gasteiger partial charge in [-0.3, -0.25) is 0 Å². The number of hydrogen-bond acceptors (Lipinski definition) is 4. The van der Waals surface area contributed by atoms with Crippen LogP contribution in [0.1, 0.15) is 11.1 Å². The fraction of sp³-hybridized carbons (Fsp3) is 0.111. The van der Waals surface area contributed by atoms with Crippen LogP contribution in [0.25, 0.3) is 0 Å². The molecule has 0 aliphatic rings. The topological polar surface area (TPSA) is 70.5 Å². The van der Waals surface area contributed by atoms with E-state index in [0.717, 1.165) is 11.1 Å². The minimum absolute atomic E-state index is 0.321. The number of para-hydroxylation sites is 2. The Morgan fingerprint density at radius 3 is 1.45 bits per heavy atom. The molecule has 0 aromatic heterocycles. The lowest BCUT2D eigenvalue weighted by molar-refractivity contribution is 0.139. The Balaban J connectivity index is 1.84. The number of rotatable bonds is 7. The zero-order valence-corrected chi connectivity index (χ0v) is 12.4. The summed E-state index contributed by atoms with van der Waals surface area (Å²) in [5.41, 5.74) is 14.9. The summed E-state index contributed by atoms with van der Waals surface area (Å²) in [6.07, 6.45) is 0. The van der Waals surface area contributed by atoms with E-state index in [2.05, 4.69) is 13.2 Å². The number of nitrogen functional groups attached to an aromatic ring is 2. The third kappa shape index (κ3) is 4.06. The highest BCUT2D eigenvalue weighted by Gasteiger charge is 2.06. The predicted molar refractivity (Wildman–Crippen MR) is 89.6 cm³/mol. The molecule has 2 aromatic carbocycles. The smallest absolute Gasteiger partial charge is 0.153 e. The molecule has 0 spiro atoms. The predicted octanol–water partition coefficient (Wildman–Crippen LogP) is 3.61. The SMILES string of the molecule is C=C(OCc1ccccc1N)C(=C)OCc1ccccc1N. The fourth-order valence-electron chi connectivity index (χ4n) is 1.82. The summed E-state index contributed by atoms with van der Waals surface area (Å²) in [6.45, 7) is 8.27. The maximum Gasteiger partial charge on any atom is 0.153 e. The quantitative estimate of drug-likeness (QED) is 0.465. The van der Waals surface area contributed by atoms with Crippen LogP contribution in [-0.4, -0.2) is 0 Å². The lowest BCUT2D eigenvalue weighted by Gasteiger charge is -2.14. The molecule has 0 aliphatic heterocycles. The second-order valence-corrected chi connectivity index (χ2v) is 4.82. The molecule has 114 valence electrons. The van der Waals surface area contributed by atoms with Crippen LogP contribution in [0.3, 0.4) is 0 Å². The molecule has 2 aromatic rings. The summed E-state index contributed by atoms with van der Waals surface area (Å²) in [5.74, 6) is 0.746. The third-order valence-corrected chi connectivity index (χ3v) is 3.22. The third-order valence-electron chi connectivity index (χ3n) is 3.22. The highest BCUT2D eigenvalue weighted by atomic mass is 16.5. The largest absolute Gasteiger partial charge is 0.486 e. The molecule has 0 saturated heterocycles. The first-order valence-electron chi connectivity index (χ1n) is 6.88. The highest BCUT2D eigenvalue weighted by Crippen LogP contribution is 2.19. The van der Waals surface area contributed by atoms with Crippen molar-refractivity contribution in [1.29, 1.82) is 0 Å². The van der Waals surface area contributed by atoms with Gasteiger partial charge in [-0.15, -0.1) is 0 Å². The zero-order valence-electron chi connectivity index (χ0n) is 12.4. The van der Waals surface area contributed by atoms with Crippen LogP contribution < -0.4 is 11.5 Å². The second-order valence-electron chi connectivity index (χ2n) is 4.82. The van der Waals surface area contributed by atoms with Crippen molar-refractivity contribution in [2.75, 3.05) is 11.5 Å². The number of nitrogens with two attached hydrogens (primary N) is 2. The maximum absolute atomic E-state index is 5.86. The van der Waals surface area contributed by atoms with Gasteiger partial charge in [-0.1, -0.05) is 49.6 Å². The minimum atomic E-state index is 0.321. The van der Waals surface area contributed by atoms with E-state index in [1.807, 2.05) is 48.5 Å². The number of hydrogen-bond donors (Lipinski definition) is 2. The first-order chi connectivity index (χ1) is 10.6. The molecule has 0 bridgehead atoms. The molecule has 0 aliphatic carbocycles. The Hall–Kier alpha value is -2.88. The summed E-state index contributed by atoms with van der Waals surface area (Å²) in [4.78, 5) is 0. The first-order valence-corrected chi connectivity index (χ1v) is 6.88. The van der Waals surface area contributed by atoms with Crippen molar-refractivity contribution in [1.82, 2.24) is 0 Å². The Bertz CT molecular complexity index is 621. The fourth-order valence-corrected chi connectivity index (χ4v) is 1.82. The zero-order chi connectivity index (χ0) is 15.9. The second kappa shape index (κ2) is 7.22. The molecule has 0 radical (unpaired) electrons. The van der Waals surface area contributed by atoms with E-state index in [1.165, 1.54) is 0 Å². The van der Waals surface area contributed by atoms with E-state index in [0.29, 0.717) is 36.1 Å². The Labute approximate surface area is 130 Å². The van der Waals surface area contributed by atoms with Gasteiger partial charge in [0.1, 0.15) is 13.2 Å². The van der Waals surface area contributed by atoms with Crippen molar-refractivity contribution in [3.8, 4) is 0 Å². The van der Waals surface area contributed by atoms with Gasteiger partial charge in [0.2, 0.25) is 0 Å². The van der Waals surface area contributed by atoms with Gasteiger partial charge in [-0.2, -0.15) is 0 Å². The number of ether oxygens (including phenoxy) is 2. The van der Waals surface area contributed by atoms with Gasteiger partial charge in [-0.25, -0.2) is 0 Å². The normalized spacial score (nSPS) is 10.0. The van der Waals surface area contributed by atoms with Gasteiger partial charge in [-0.05, 0) is 12.1 Å². The molecular formula is C18H20N2O2. The Kier molecular flexibility index (Phi) is 5.09. The summed E-state index contributed by atoms with van der Waals surface area (Å²) < 4.78 is 11.1. The molecule has 4 nitrogen and oxygen atoms in total. The van der Waals surface area contributed by atoms with Gasteiger partial charge in [0.25, 0.3) is 0 Å². The monoisotopic (exact) mass is 296 g/mol. The molecule has 0 amide bonds. The molecule has 0 heterocycles. The van der Waals surface area contributed by atoms with Gasteiger partial charge in [0, 0.05) is 22.5 Å². The molecule has 0 unspecified atom stereocenters. The van der Waals surface area contributed by atoms with E-state index < -0.39 is 0 Å². The molecule has 4 heteroatoms. The lowest BCUT2D eigenvalue weighted by Crippen LogP contribution is -2.02. The van der Waals surface area contributed by atoms with Gasteiger partial charge >= 0.3 is 0 Å². The summed E-state index contributed by atoms with van der Waals surface area (Å²) >= 11 is 0. The van der Waals surface area contributed by atoms with E-state index in [-0.39, 0.29) is 0 Å². The molecule has 22 heavy (non-hydrogen) atoms. The maximum atomic E-state index is 5.86. The lowest BCUT2D eigenvalue weighted by atomic mass is 10.2. The van der Waals surface area contributed by atoms with Gasteiger partial charge in [0.15, 0.2) is 11.5 Å². The van der Waals surface area contributed by atoms with Crippen LogP contribution >= 0.6 is 0 Å². The highest BCUT2D eigenvalue weighted by molar-refractivity contribution is 5.46. The van der Waals surface area contributed by atoms with Crippen LogP contribution in [-0.2, 0) is 22.7 Å². The van der Waals surface area contributed by atoms with Gasteiger partial charge < -0.3 is 20.9 Å². The van der Waals surface area contributed by atoms with E-state index in [4.69, 9.17) is 20.9 Å². The van der Waals surface area contributed by atoms with Crippen LogP contribution in [0.5, 0.6) is 0 Å². The molecule has 2 rings (SSSR count). The van der Waals surface area contributed by atoms with Crippen molar-refractivity contribution in [3.05, 3.63) is 84.3 Å². The van der Waals surface area contributed by atoms with E-state index in [1.54, 1.807) is 0 Å². The van der Waals surface area contributed by atoms with Crippen molar-refractivity contribution < 1.29 is 9.47 Å². The summed E-state index contributed by atoms with van der Waals surface area (Å²) in [5, 5.41) is 0. The van der Waals surface area contributed by atoms with E-state index in [9.17, 15) is 0 Å². The van der Waals surface area contributed by atoms with Gasteiger partial charge in [0.05, 0.1) is 0 Å². The average molecular weight is 296 g/mol. The van der Waals surface area contributed by atoms with E-state index >= 15 is 0 Å². The molecule has 0 saturated carbocycles. The number of anilines is 2. The van der Waals surface area contributed by atoms with Crippen LogP contribution in [0.2, 0.25) is 0 Å². The van der Waals surface area contributed by atoms with Crippen LogP contribution in [0.4, 0.5) is 11.4 Å². The van der Waals surface area contributed by atoms with Crippen LogP contribution in [0.15, 0.2) is 73.2 Å². The van der Waals surface area contributed by atoms with Crippen molar-refractivity contribution in [2.45, 2.75) is 13.2 Å². The average Bonchev–Trinajstić information content (AvgIpc) is 2.52. The van der Waals surface area contributed by atoms with Crippen molar-refractivity contribution in [2.24, 2.45) is 0 Å². The number of benzene rings is 2. The summed E-state index contributed by atoms with van der Waals surface area (Å²) in [6, 6.07) is 15.0. The van der Waals surface area contributed by atoms with Crippen molar-refractivity contribution in [3.63, 3.8) is 0 Å². The summed E-state index contributed by atoms with van der Waals surface area (Å²) in [7, 11) is 0. The standard InChI is InChI=1S/C18H20N2O2/c1-13(21-11-15-7-3-5-9-17(15)19)14(2)22-12-16-8-4-6-10-18(16)20/h3-10H,1-2,11-12,19-20H2. The Morgan fingerprint density at radius 1 is 0.727 bits per heavy atom. The van der Waals surface area contributed by atoms with Crippen LogP contribution in [0, 0.1) is 0 Å². The molecular weight excluding hydrogens is 276 g/mol.